The lowest BCUT2D eigenvalue weighted by Gasteiger charge is -2.01. The summed E-state index contributed by atoms with van der Waals surface area (Å²) in [4.78, 5) is 22.6. The van der Waals surface area contributed by atoms with Crippen LogP contribution < -0.4 is 0 Å². The first-order valence-corrected chi connectivity index (χ1v) is 5.77. The summed E-state index contributed by atoms with van der Waals surface area (Å²) in [7, 11) is 1.35. The molecule has 0 fully saturated rings. The zero-order valence-corrected chi connectivity index (χ0v) is 10.3. The molecule has 18 heavy (non-hydrogen) atoms. The van der Waals surface area contributed by atoms with Crippen LogP contribution in [-0.2, 0) is 9.53 Å². The lowest BCUT2D eigenvalue weighted by atomic mass is 10.0. The molecule has 0 aromatic heterocycles. The van der Waals surface area contributed by atoms with E-state index in [9.17, 15) is 9.59 Å². The highest BCUT2D eigenvalue weighted by atomic mass is 16.5. The standard InChI is InChI=1S/C14H15NO3/c1-18-14(17)5-3-2-4-13(16)12-8-6-11(10-15)7-9-12/h6-9H,2-5H2,1H3. The van der Waals surface area contributed by atoms with Crippen LogP contribution in [0.15, 0.2) is 24.3 Å². The van der Waals surface area contributed by atoms with Crippen molar-refractivity contribution in [2.75, 3.05) is 7.11 Å². The van der Waals surface area contributed by atoms with E-state index in [0.29, 0.717) is 36.8 Å². The van der Waals surface area contributed by atoms with Crippen LogP contribution >= 0.6 is 0 Å². The minimum Gasteiger partial charge on any atom is -0.469 e. The molecule has 94 valence electrons. The highest BCUT2D eigenvalue weighted by molar-refractivity contribution is 5.96. The maximum absolute atomic E-state index is 11.8. The molecule has 4 nitrogen and oxygen atoms in total. The molecule has 0 atom stereocenters. The zero-order valence-electron chi connectivity index (χ0n) is 10.3. The number of methoxy groups -OCH3 is 1. The lowest BCUT2D eigenvalue weighted by Crippen LogP contribution is -2.02. The minimum absolute atomic E-state index is 0.0318. The summed E-state index contributed by atoms with van der Waals surface area (Å²) in [5, 5.41) is 8.64. The second kappa shape index (κ2) is 7.23. The molecule has 0 saturated heterocycles. The number of ether oxygens (including phenoxy) is 1. The number of rotatable bonds is 6. The first kappa shape index (κ1) is 13.9. The van der Waals surface area contributed by atoms with Crippen molar-refractivity contribution in [3.63, 3.8) is 0 Å². The number of carbonyl (C=O) groups excluding carboxylic acids is 2. The van der Waals surface area contributed by atoms with Crippen molar-refractivity contribution < 1.29 is 14.3 Å². The molecule has 0 heterocycles. The van der Waals surface area contributed by atoms with Crippen molar-refractivity contribution in [3.05, 3.63) is 35.4 Å². The number of carbonyl (C=O) groups is 2. The molecule has 0 radical (unpaired) electrons. The number of unbranched alkanes of at least 4 members (excludes halogenated alkanes) is 1. The number of benzene rings is 1. The average Bonchev–Trinajstić information content (AvgIpc) is 2.43. The Morgan fingerprint density at radius 3 is 2.33 bits per heavy atom. The van der Waals surface area contributed by atoms with Gasteiger partial charge in [-0.1, -0.05) is 12.1 Å². The van der Waals surface area contributed by atoms with Gasteiger partial charge < -0.3 is 4.74 Å². The highest BCUT2D eigenvalue weighted by Gasteiger charge is 2.06. The van der Waals surface area contributed by atoms with Gasteiger partial charge in [0.15, 0.2) is 5.78 Å². The van der Waals surface area contributed by atoms with Crippen LogP contribution in [0.2, 0.25) is 0 Å². The third kappa shape index (κ3) is 4.38. The Bertz CT molecular complexity index is 457. The molecule has 0 bridgehead atoms. The van der Waals surface area contributed by atoms with Gasteiger partial charge in [-0.25, -0.2) is 0 Å². The summed E-state index contributed by atoms with van der Waals surface area (Å²) in [5.41, 5.74) is 1.14. The monoisotopic (exact) mass is 245 g/mol. The summed E-state index contributed by atoms with van der Waals surface area (Å²) in [6.45, 7) is 0. The van der Waals surface area contributed by atoms with Crippen LogP contribution in [0.1, 0.15) is 41.6 Å². The second-order valence-corrected chi connectivity index (χ2v) is 3.90. The lowest BCUT2D eigenvalue weighted by molar-refractivity contribution is -0.140. The third-order valence-electron chi connectivity index (χ3n) is 2.60. The van der Waals surface area contributed by atoms with Gasteiger partial charge in [-0.05, 0) is 25.0 Å². The topological polar surface area (TPSA) is 67.2 Å². The minimum atomic E-state index is -0.249. The quantitative estimate of drug-likeness (QED) is 0.438. The predicted molar refractivity (Wildman–Crippen MR) is 66.0 cm³/mol. The summed E-state index contributed by atoms with van der Waals surface area (Å²) < 4.78 is 4.51. The first-order chi connectivity index (χ1) is 8.67. The van der Waals surface area contributed by atoms with Gasteiger partial charge in [0, 0.05) is 18.4 Å². The Labute approximate surface area is 106 Å². The Morgan fingerprint density at radius 1 is 1.17 bits per heavy atom. The maximum atomic E-state index is 11.8. The smallest absolute Gasteiger partial charge is 0.305 e. The van der Waals surface area contributed by atoms with Crippen molar-refractivity contribution in [1.29, 1.82) is 5.26 Å². The molecule has 0 amide bonds. The molecule has 0 saturated carbocycles. The molecule has 0 aliphatic carbocycles. The number of esters is 1. The molecule has 1 aromatic rings. The molecular formula is C14H15NO3. The number of nitrogens with zero attached hydrogens (tertiary/aromatic N) is 1. The molecule has 0 aliphatic heterocycles. The average molecular weight is 245 g/mol. The Kier molecular flexibility index (Phi) is 5.59. The Hall–Kier alpha value is -2.15. The van der Waals surface area contributed by atoms with Gasteiger partial charge in [-0.2, -0.15) is 5.26 Å². The van der Waals surface area contributed by atoms with Crippen LogP contribution in [0, 0.1) is 11.3 Å². The van der Waals surface area contributed by atoms with Crippen LogP contribution in [0.5, 0.6) is 0 Å². The molecule has 0 aliphatic rings. The fourth-order valence-electron chi connectivity index (χ4n) is 1.53. The van der Waals surface area contributed by atoms with E-state index in [4.69, 9.17) is 5.26 Å². The van der Waals surface area contributed by atoms with E-state index in [-0.39, 0.29) is 11.8 Å². The normalized spacial score (nSPS) is 9.56. The molecule has 0 spiro atoms. The highest BCUT2D eigenvalue weighted by Crippen LogP contribution is 2.10. The number of hydrogen-bond donors (Lipinski definition) is 0. The molecular weight excluding hydrogens is 230 g/mol. The SMILES string of the molecule is COC(=O)CCCCC(=O)c1ccc(C#N)cc1. The van der Waals surface area contributed by atoms with E-state index in [1.165, 1.54) is 7.11 Å². The van der Waals surface area contributed by atoms with Crippen molar-refractivity contribution in [3.8, 4) is 6.07 Å². The molecule has 0 N–H and O–H groups in total. The number of ketones is 1. The summed E-state index contributed by atoms with van der Waals surface area (Å²) >= 11 is 0. The molecule has 4 heteroatoms. The van der Waals surface area contributed by atoms with Gasteiger partial charge in [0.1, 0.15) is 0 Å². The number of Topliss-reactive ketones (excluding diaryl/α,β-unsaturated/α-hetero) is 1. The van der Waals surface area contributed by atoms with Crippen molar-refractivity contribution in [2.24, 2.45) is 0 Å². The van der Waals surface area contributed by atoms with Crippen LogP contribution in [0.25, 0.3) is 0 Å². The van der Waals surface area contributed by atoms with Gasteiger partial charge in [0.25, 0.3) is 0 Å². The zero-order chi connectivity index (χ0) is 13.4. The Balaban J connectivity index is 2.36. The van der Waals surface area contributed by atoms with E-state index in [1.807, 2.05) is 6.07 Å². The van der Waals surface area contributed by atoms with Crippen LogP contribution in [-0.4, -0.2) is 18.9 Å². The molecule has 0 unspecified atom stereocenters. The van der Waals surface area contributed by atoms with E-state index in [2.05, 4.69) is 4.74 Å². The van der Waals surface area contributed by atoms with Gasteiger partial charge in [0.05, 0.1) is 18.7 Å². The van der Waals surface area contributed by atoms with Crippen LogP contribution in [0.4, 0.5) is 0 Å². The maximum Gasteiger partial charge on any atom is 0.305 e. The van der Waals surface area contributed by atoms with Crippen LogP contribution in [0.3, 0.4) is 0 Å². The number of nitriles is 1. The molecule has 1 rings (SSSR count). The van der Waals surface area contributed by atoms with Gasteiger partial charge in [0.2, 0.25) is 0 Å². The largest absolute Gasteiger partial charge is 0.469 e. The predicted octanol–water partition coefficient (Wildman–Crippen LogP) is 2.47. The van der Waals surface area contributed by atoms with E-state index >= 15 is 0 Å². The fourth-order valence-corrected chi connectivity index (χ4v) is 1.53. The van der Waals surface area contributed by atoms with E-state index < -0.39 is 0 Å². The van der Waals surface area contributed by atoms with Crippen molar-refractivity contribution >= 4 is 11.8 Å². The van der Waals surface area contributed by atoms with Crippen molar-refractivity contribution in [2.45, 2.75) is 25.7 Å². The van der Waals surface area contributed by atoms with Crippen molar-refractivity contribution in [1.82, 2.24) is 0 Å². The fraction of sp³-hybridized carbons (Fsp3) is 0.357. The van der Waals surface area contributed by atoms with E-state index in [0.717, 1.165) is 0 Å². The summed E-state index contributed by atoms with van der Waals surface area (Å²) in [6, 6.07) is 8.56. The summed E-state index contributed by atoms with van der Waals surface area (Å²) in [5.74, 6) is -0.217. The molecule has 1 aromatic carbocycles. The van der Waals surface area contributed by atoms with Gasteiger partial charge in [-0.15, -0.1) is 0 Å². The second-order valence-electron chi connectivity index (χ2n) is 3.90. The Morgan fingerprint density at radius 2 is 1.78 bits per heavy atom. The van der Waals surface area contributed by atoms with Gasteiger partial charge in [-0.3, -0.25) is 9.59 Å². The van der Waals surface area contributed by atoms with E-state index in [1.54, 1.807) is 24.3 Å². The van der Waals surface area contributed by atoms with Gasteiger partial charge >= 0.3 is 5.97 Å². The number of hydrogen-bond acceptors (Lipinski definition) is 4. The first-order valence-electron chi connectivity index (χ1n) is 5.77. The third-order valence-corrected chi connectivity index (χ3v) is 2.60. The summed E-state index contributed by atoms with van der Waals surface area (Å²) in [6.07, 6.45) is 2.06.